The van der Waals surface area contributed by atoms with Crippen molar-refractivity contribution in [2.45, 2.75) is 32.4 Å². The summed E-state index contributed by atoms with van der Waals surface area (Å²) in [6.45, 7) is 6.63. The molecule has 6 nitrogen and oxygen atoms in total. The fourth-order valence-electron chi connectivity index (χ4n) is 3.55. The van der Waals surface area contributed by atoms with E-state index in [1.807, 2.05) is 12.1 Å². The highest BCUT2D eigenvalue weighted by Crippen LogP contribution is 2.24. The lowest BCUT2D eigenvalue weighted by molar-refractivity contribution is 0.245. The number of guanidine groups is 1. The SMILES string of the molecule is CCNC(=NCc1ccnc(OC)c1)NCC(c1ccccc1)N1CCCC1. The second kappa shape index (κ2) is 10.7. The normalized spacial score (nSPS) is 16.0. The van der Waals surface area contributed by atoms with Crippen LogP contribution >= 0.6 is 0 Å². The standard InChI is InChI=1S/C22H31N5O/c1-3-23-22(25-16-18-11-12-24-21(15-18)28-2)26-17-20(27-13-7-8-14-27)19-9-5-4-6-10-19/h4-6,9-12,15,20H,3,7-8,13-14,16-17H2,1-2H3,(H2,23,25,26). The number of ether oxygens (including phenoxy) is 1. The van der Waals surface area contributed by atoms with Crippen molar-refractivity contribution in [3.8, 4) is 5.88 Å². The zero-order valence-corrected chi connectivity index (χ0v) is 16.9. The van der Waals surface area contributed by atoms with E-state index in [0.29, 0.717) is 18.5 Å². The monoisotopic (exact) mass is 381 g/mol. The molecule has 3 rings (SSSR count). The van der Waals surface area contributed by atoms with Crippen molar-refractivity contribution < 1.29 is 4.74 Å². The fraction of sp³-hybridized carbons (Fsp3) is 0.455. The molecule has 2 heterocycles. The van der Waals surface area contributed by atoms with E-state index < -0.39 is 0 Å². The number of benzene rings is 1. The van der Waals surface area contributed by atoms with Crippen molar-refractivity contribution in [2.24, 2.45) is 4.99 Å². The van der Waals surface area contributed by atoms with Crippen molar-refractivity contribution in [3.05, 3.63) is 59.8 Å². The van der Waals surface area contributed by atoms with Crippen LogP contribution in [0.5, 0.6) is 5.88 Å². The predicted molar refractivity (Wildman–Crippen MR) is 114 cm³/mol. The molecule has 0 radical (unpaired) electrons. The molecule has 1 aromatic heterocycles. The summed E-state index contributed by atoms with van der Waals surface area (Å²) in [4.78, 5) is 11.5. The van der Waals surface area contributed by atoms with Crippen LogP contribution in [-0.4, -0.2) is 49.1 Å². The van der Waals surface area contributed by atoms with Crippen molar-refractivity contribution in [1.82, 2.24) is 20.5 Å². The van der Waals surface area contributed by atoms with Crippen LogP contribution in [0.25, 0.3) is 0 Å². The Labute approximate surface area is 168 Å². The average Bonchev–Trinajstić information content (AvgIpc) is 3.27. The van der Waals surface area contributed by atoms with Gasteiger partial charge in [-0.05, 0) is 50.0 Å². The van der Waals surface area contributed by atoms with Crippen LogP contribution in [-0.2, 0) is 6.54 Å². The Morgan fingerprint density at radius 2 is 1.96 bits per heavy atom. The van der Waals surface area contributed by atoms with Crippen LogP contribution in [0.15, 0.2) is 53.7 Å². The highest BCUT2D eigenvalue weighted by atomic mass is 16.5. The molecule has 0 spiro atoms. The van der Waals surface area contributed by atoms with Crippen LogP contribution < -0.4 is 15.4 Å². The molecule has 0 bridgehead atoms. The van der Waals surface area contributed by atoms with E-state index in [1.54, 1.807) is 13.3 Å². The minimum Gasteiger partial charge on any atom is -0.481 e. The van der Waals surface area contributed by atoms with Gasteiger partial charge in [-0.2, -0.15) is 0 Å². The van der Waals surface area contributed by atoms with Crippen molar-refractivity contribution in [3.63, 3.8) is 0 Å². The molecule has 28 heavy (non-hydrogen) atoms. The van der Waals surface area contributed by atoms with E-state index >= 15 is 0 Å². The first-order chi connectivity index (χ1) is 13.8. The summed E-state index contributed by atoms with van der Waals surface area (Å²) < 4.78 is 5.20. The first-order valence-corrected chi connectivity index (χ1v) is 10.1. The molecular weight excluding hydrogens is 350 g/mol. The van der Waals surface area contributed by atoms with Gasteiger partial charge in [0.25, 0.3) is 0 Å². The molecule has 1 aliphatic rings. The second-order valence-corrected chi connectivity index (χ2v) is 6.95. The lowest BCUT2D eigenvalue weighted by Gasteiger charge is -2.29. The number of pyridine rings is 1. The molecule has 1 aliphatic heterocycles. The maximum Gasteiger partial charge on any atom is 0.213 e. The first kappa shape index (κ1) is 20.1. The number of hydrogen-bond acceptors (Lipinski definition) is 4. The highest BCUT2D eigenvalue weighted by molar-refractivity contribution is 5.79. The van der Waals surface area contributed by atoms with E-state index in [9.17, 15) is 0 Å². The third-order valence-corrected chi connectivity index (χ3v) is 5.00. The molecular formula is C22H31N5O. The van der Waals surface area contributed by atoms with Gasteiger partial charge in [0.05, 0.1) is 19.7 Å². The van der Waals surface area contributed by atoms with Gasteiger partial charge in [-0.3, -0.25) is 4.90 Å². The van der Waals surface area contributed by atoms with Gasteiger partial charge in [0.1, 0.15) is 0 Å². The van der Waals surface area contributed by atoms with Crippen LogP contribution in [0.4, 0.5) is 0 Å². The Kier molecular flexibility index (Phi) is 7.67. The van der Waals surface area contributed by atoms with Gasteiger partial charge in [-0.25, -0.2) is 9.98 Å². The molecule has 0 saturated carbocycles. The lowest BCUT2D eigenvalue weighted by atomic mass is 10.1. The minimum absolute atomic E-state index is 0.355. The zero-order valence-electron chi connectivity index (χ0n) is 16.9. The van der Waals surface area contributed by atoms with Crippen molar-refractivity contribution >= 4 is 5.96 Å². The molecule has 2 aromatic rings. The van der Waals surface area contributed by atoms with Gasteiger partial charge >= 0.3 is 0 Å². The highest BCUT2D eigenvalue weighted by Gasteiger charge is 2.23. The smallest absolute Gasteiger partial charge is 0.213 e. The van der Waals surface area contributed by atoms with Crippen LogP contribution in [0.3, 0.4) is 0 Å². The maximum absolute atomic E-state index is 5.20. The van der Waals surface area contributed by atoms with Gasteiger partial charge in [0, 0.05) is 25.4 Å². The Morgan fingerprint density at radius 1 is 1.18 bits per heavy atom. The van der Waals surface area contributed by atoms with Gasteiger partial charge in [0.2, 0.25) is 5.88 Å². The largest absolute Gasteiger partial charge is 0.481 e. The third-order valence-electron chi connectivity index (χ3n) is 5.00. The summed E-state index contributed by atoms with van der Waals surface area (Å²) in [5.41, 5.74) is 2.43. The number of nitrogens with one attached hydrogen (secondary N) is 2. The Morgan fingerprint density at radius 3 is 2.68 bits per heavy atom. The number of nitrogens with zero attached hydrogens (tertiary/aromatic N) is 3. The molecule has 1 unspecified atom stereocenters. The number of rotatable bonds is 8. The average molecular weight is 382 g/mol. The van der Waals surface area contributed by atoms with Gasteiger partial charge in [0.15, 0.2) is 5.96 Å². The van der Waals surface area contributed by atoms with Crippen molar-refractivity contribution in [2.75, 3.05) is 33.3 Å². The molecule has 1 fully saturated rings. The van der Waals surface area contributed by atoms with E-state index in [4.69, 9.17) is 9.73 Å². The van der Waals surface area contributed by atoms with E-state index in [2.05, 4.69) is 57.8 Å². The molecule has 0 aliphatic carbocycles. The summed E-state index contributed by atoms with van der Waals surface area (Å²) in [5, 5.41) is 6.90. The molecule has 1 atom stereocenters. The van der Waals surface area contributed by atoms with Gasteiger partial charge in [-0.1, -0.05) is 30.3 Å². The number of likely N-dealkylation sites (tertiary alicyclic amines) is 1. The molecule has 6 heteroatoms. The van der Waals surface area contributed by atoms with E-state index in [0.717, 1.165) is 37.7 Å². The van der Waals surface area contributed by atoms with E-state index in [-0.39, 0.29) is 0 Å². The number of hydrogen-bond donors (Lipinski definition) is 2. The van der Waals surface area contributed by atoms with Crippen LogP contribution in [0.1, 0.15) is 36.9 Å². The second-order valence-electron chi connectivity index (χ2n) is 6.95. The van der Waals surface area contributed by atoms with E-state index in [1.165, 1.54) is 18.4 Å². The molecule has 150 valence electrons. The number of aromatic nitrogens is 1. The van der Waals surface area contributed by atoms with Crippen LogP contribution in [0.2, 0.25) is 0 Å². The summed E-state index contributed by atoms with van der Waals surface area (Å²) in [6.07, 6.45) is 4.31. The van der Waals surface area contributed by atoms with Gasteiger partial charge < -0.3 is 15.4 Å². The topological polar surface area (TPSA) is 61.8 Å². The Bertz CT molecular complexity index is 744. The summed E-state index contributed by atoms with van der Waals surface area (Å²) >= 11 is 0. The van der Waals surface area contributed by atoms with Gasteiger partial charge in [-0.15, -0.1) is 0 Å². The Hall–Kier alpha value is -2.60. The predicted octanol–water partition coefficient (Wildman–Crippen LogP) is 2.98. The summed E-state index contributed by atoms with van der Waals surface area (Å²) in [5.74, 6) is 1.45. The minimum atomic E-state index is 0.355. The molecule has 0 amide bonds. The molecule has 1 aromatic carbocycles. The quantitative estimate of drug-likeness (QED) is 0.544. The van der Waals surface area contributed by atoms with Crippen molar-refractivity contribution in [1.29, 1.82) is 0 Å². The fourth-order valence-corrected chi connectivity index (χ4v) is 3.55. The molecule has 1 saturated heterocycles. The Balaban J connectivity index is 1.67. The lowest BCUT2D eigenvalue weighted by Crippen LogP contribution is -2.42. The summed E-state index contributed by atoms with van der Waals surface area (Å²) in [6, 6.07) is 15.0. The number of methoxy groups -OCH3 is 1. The summed E-state index contributed by atoms with van der Waals surface area (Å²) in [7, 11) is 1.63. The number of aliphatic imine (C=N–C) groups is 1. The third kappa shape index (κ3) is 5.70. The van der Waals surface area contributed by atoms with Crippen LogP contribution in [0, 0.1) is 0 Å². The first-order valence-electron chi connectivity index (χ1n) is 10.1. The zero-order chi connectivity index (χ0) is 19.6. The maximum atomic E-state index is 5.20. The molecule has 2 N–H and O–H groups in total.